The monoisotopic (exact) mass is 381 g/mol. The second-order valence-electron chi connectivity index (χ2n) is 8.54. The molecule has 1 nitrogen and oxygen atoms in total. The average Bonchev–Trinajstić information content (AvgIpc) is 2.73. The minimum absolute atomic E-state index is 0.182. The molecule has 0 aliphatic heterocycles. The molecule has 1 aliphatic rings. The lowest BCUT2D eigenvalue weighted by atomic mass is 9.66. The zero-order valence-corrected chi connectivity index (χ0v) is 19.0. The molecule has 1 aromatic carbocycles. The molecule has 0 amide bonds. The molecule has 0 saturated heterocycles. The Morgan fingerprint density at radius 3 is 2.32 bits per heavy atom. The molecule has 2 rings (SSSR count). The van der Waals surface area contributed by atoms with Crippen LogP contribution in [0, 0.1) is 6.92 Å². The van der Waals surface area contributed by atoms with Crippen molar-refractivity contribution >= 4 is 0 Å². The van der Waals surface area contributed by atoms with E-state index in [0.29, 0.717) is 0 Å². The third kappa shape index (κ3) is 6.08. The van der Waals surface area contributed by atoms with Crippen LogP contribution in [0.15, 0.2) is 48.1 Å². The lowest BCUT2D eigenvalue weighted by molar-refractivity contribution is 0.259. The summed E-state index contributed by atoms with van der Waals surface area (Å²) in [5, 5.41) is 0. The molecule has 0 spiro atoms. The van der Waals surface area contributed by atoms with Crippen molar-refractivity contribution in [3.63, 3.8) is 0 Å². The van der Waals surface area contributed by atoms with Gasteiger partial charge in [0.1, 0.15) is 0 Å². The van der Waals surface area contributed by atoms with Crippen molar-refractivity contribution in [2.24, 2.45) is 0 Å². The van der Waals surface area contributed by atoms with Crippen LogP contribution in [0.1, 0.15) is 89.7 Å². The molecule has 1 heteroatoms. The maximum atomic E-state index is 2.69. The number of nitrogens with zero attached hydrogens (tertiary/aromatic N) is 1. The first-order valence-corrected chi connectivity index (χ1v) is 11.8. The summed E-state index contributed by atoms with van der Waals surface area (Å²) in [5.41, 5.74) is 4.74. The molecule has 1 atom stereocenters. The first-order chi connectivity index (χ1) is 13.7. The Hall–Kier alpha value is -1.34. The quantitative estimate of drug-likeness (QED) is 0.318. The maximum Gasteiger partial charge on any atom is 0.0199 e. The normalized spacial score (nSPS) is 16.2. The van der Waals surface area contributed by atoms with E-state index in [1.54, 1.807) is 11.1 Å². The zero-order chi connectivity index (χ0) is 20.2. The molecule has 1 aliphatic carbocycles. The highest BCUT2D eigenvalue weighted by atomic mass is 15.1. The SMILES string of the molecule is CCCCN(CCC)CCCCC(CC)(C1=CCCC=C1)c1ccccc1C. The van der Waals surface area contributed by atoms with E-state index in [0.717, 1.165) is 0 Å². The van der Waals surface area contributed by atoms with Gasteiger partial charge in [-0.2, -0.15) is 0 Å². The standard InChI is InChI=1S/C27H43N/c1-5-8-22-28(21-6-2)23-15-14-20-27(7-3,25-17-10-9-11-18-25)26-19-13-12-16-24(26)4/h10,12-13,16-19H,5-9,11,14-15,20-23H2,1-4H3. The summed E-state index contributed by atoms with van der Waals surface area (Å²) in [6, 6.07) is 9.08. The molecular weight excluding hydrogens is 338 g/mol. The van der Waals surface area contributed by atoms with Crippen LogP contribution in [0.25, 0.3) is 0 Å². The van der Waals surface area contributed by atoms with Gasteiger partial charge in [-0.3, -0.25) is 0 Å². The molecule has 0 fully saturated rings. The van der Waals surface area contributed by atoms with Crippen molar-refractivity contribution in [2.45, 2.75) is 90.9 Å². The lowest BCUT2D eigenvalue weighted by Crippen LogP contribution is -2.30. The summed E-state index contributed by atoms with van der Waals surface area (Å²) >= 11 is 0. The van der Waals surface area contributed by atoms with Gasteiger partial charge in [-0.25, -0.2) is 0 Å². The fraction of sp³-hybridized carbons (Fsp3) is 0.630. The Labute approximate surface area is 174 Å². The highest BCUT2D eigenvalue weighted by molar-refractivity contribution is 5.46. The fourth-order valence-electron chi connectivity index (χ4n) is 4.88. The summed E-state index contributed by atoms with van der Waals surface area (Å²) in [5.74, 6) is 0. The van der Waals surface area contributed by atoms with Crippen molar-refractivity contribution in [3.8, 4) is 0 Å². The molecule has 28 heavy (non-hydrogen) atoms. The van der Waals surface area contributed by atoms with Crippen molar-refractivity contribution < 1.29 is 0 Å². The molecule has 1 aromatic rings. The number of hydrogen-bond donors (Lipinski definition) is 0. The van der Waals surface area contributed by atoms with Gasteiger partial charge in [0.05, 0.1) is 0 Å². The van der Waals surface area contributed by atoms with Crippen molar-refractivity contribution in [2.75, 3.05) is 19.6 Å². The number of benzene rings is 1. The van der Waals surface area contributed by atoms with E-state index in [2.05, 4.69) is 75.1 Å². The first-order valence-electron chi connectivity index (χ1n) is 11.8. The van der Waals surface area contributed by atoms with Crippen LogP contribution in [0.2, 0.25) is 0 Å². The van der Waals surface area contributed by atoms with E-state index in [4.69, 9.17) is 0 Å². The molecule has 0 saturated carbocycles. The predicted octanol–water partition coefficient (Wildman–Crippen LogP) is 7.60. The zero-order valence-electron chi connectivity index (χ0n) is 19.0. The van der Waals surface area contributed by atoms with Crippen LogP contribution in [0.4, 0.5) is 0 Å². The van der Waals surface area contributed by atoms with E-state index in [1.165, 1.54) is 83.0 Å². The third-order valence-corrected chi connectivity index (χ3v) is 6.51. The number of unbranched alkanes of at least 4 members (excludes halogenated alkanes) is 2. The van der Waals surface area contributed by atoms with Crippen LogP contribution in [-0.2, 0) is 5.41 Å². The van der Waals surface area contributed by atoms with E-state index >= 15 is 0 Å². The summed E-state index contributed by atoms with van der Waals surface area (Å²) in [4.78, 5) is 2.69. The average molecular weight is 382 g/mol. The number of allylic oxidation sites excluding steroid dienone is 4. The van der Waals surface area contributed by atoms with Crippen LogP contribution >= 0.6 is 0 Å². The Morgan fingerprint density at radius 2 is 1.68 bits per heavy atom. The molecule has 156 valence electrons. The van der Waals surface area contributed by atoms with Gasteiger partial charge in [-0.15, -0.1) is 0 Å². The molecule has 0 heterocycles. The van der Waals surface area contributed by atoms with Crippen LogP contribution in [0.5, 0.6) is 0 Å². The summed E-state index contributed by atoms with van der Waals surface area (Å²) < 4.78 is 0. The van der Waals surface area contributed by atoms with Gasteiger partial charge in [0.2, 0.25) is 0 Å². The molecule has 0 bridgehead atoms. The van der Waals surface area contributed by atoms with Crippen molar-refractivity contribution in [1.29, 1.82) is 0 Å². The fourth-order valence-corrected chi connectivity index (χ4v) is 4.88. The summed E-state index contributed by atoms with van der Waals surface area (Å²) in [6.45, 7) is 13.1. The van der Waals surface area contributed by atoms with Gasteiger partial charge in [0.15, 0.2) is 0 Å². The second kappa shape index (κ2) is 12.3. The third-order valence-electron chi connectivity index (χ3n) is 6.51. The molecule has 0 aromatic heterocycles. The lowest BCUT2D eigenvalue weighted by Gasteiger charge is -2.38. The van der Waals surface area contributed by atoms with Crippen molar-refractivity contribution in [3.05, 3.63) is 59.2 Å². The van der Waals surface area contributed by atoms with E-state index in [-0.39, 0.29) is 5.41 Å². The van der Waals surface area contributed by atoms with Crippen LogP contribution in [0.3, 0.4) is 0 Å². The highest BCUT2D eigenvalue weighted by Gasteiger charge is 2.34. The second-order valence-corrected chi connectivity index (χ2v) is 8.54. The van der Waals surface area contributed by atoms with E-state index < -0.39 is 0 Å². The summed E-state index contributed by atoms with van der Waals surface area (Å²) in [6.07, 6.45) is 18.7. The van der Waals surface area contributed by atoms with Gasteiger partial charge in [0, 0.05) is 5.41 Å². The first kappa shape index (κ1) is 22.9. The van der Waals surface area contributed by atoms with E-state index in [1.807, 2.05) is 0 Å². The smallest absolute Gasteiger partial charge is 0.0199 e. The Bertz CT molecular complexity index is 627. The Balaban J connectivity index is 2.11. The molecule has 0 radical (unpaired) electrons. The maximum absolute atomic E-state index is 2.69. The number of hydrogen-bond acceptors (Lipinski definition) is 1. The van der Waals surface area contributed by atoms with Gasteiger partial charge < -0.3 is 4.90 Å². The van der Waals surface area contributed by atoms with Crippen molar-refractivity contribution in [1.82, 2.24) is 4.90 Å². The Morgan fingerprint density at radius 1 is 0.893 bits per heavy atom. The largest absolute Gasteiger partial charge is 0.303 e. The highest BCUT2D eigenvalue weighted by Crippen LogP contribution is 2.43. The van der Waals surface area contributed by atoms with Crippen LogP contribution < -0.4 is 0 Å². The molecule has 0 N–H and O–H groups in total. The van der Waals surface area contributed by atoms with Gasteiger partial charge >= 0.3 is 0 Å². The predicted molar refractivity (Wildman–Crippen MR) is 125 cm³/mol. The van der Waals surface area contributed by atoms with Gasteiger partial charge in [0.25, 0.3) is 0 Å². The van der Waals surface area contributed by atoms with E-state index in [9.17, 15) is 0 Å². The topological polar surface area (TPSA) is 3.24 Å². The Kier molecular flexibility index (Phi) is 10.1. The number of aryl methyl sites for hydroxylation is 1. The van der Waals surface area contributed by atoms with Crippen LogP contribution in [-0.4, -0.2) is 24.5 Å². The van der Waals surface area contributed by atoms with Gasteiger partial charge in [-0.05, 0) is 88.2 Å². The molecule has 1 unspecified atom stereocenters. The summed E-state index contributed by atoms with van der Waals surface area (Å²) in [7, 11) is 0. The number of rotatable bonds is 13. The molecular formula is C27H43N. The minimum Gasteiger partial charge on any atom is -0.303 e. The minimum atomic E-state index is 0.182. The van der Waals surface area contributed by atoms with Gasteiger partial charge in [-0.1, -0.05) is 76.1 Å².